The first-order valence-electron chi connectivity index (χ1n) is 7.35. The summed E-state index contributed by atoms with van der Waals surface area (Å²) in [6, 6.07) is 4.57. The van der Waals surface area contributed by atoms with Crippen molar-refractivity contribution in [2.75, 3.05) is 6.54 Å². The fourth-order valence-electron chi connectivity index (χ4n) is 2.71. The van der Waals surface area contributed by atoms with Gasteiger partial charge in [-0.25, -0.2) is 0 Å². The van der Waals surface area contributed by atoms with E-state index in [9.17, 15) is 0 Å². The molecule has 20 heavy (non-hydrogen) atoms. The molecule has 1 N–H and O–H groups in total. The van der Waals surface area contributed by atoms with Gasteiger partial charge in [-0.2, -0.15) is 0 Å². The molecule has 2 rings (SSSR count). The van der Waals surface area contributed by atoms with E-state index < -0.39 is 0 Å². The van der Waals surface area contributed by atoms with E-state index in [4.69, 9.17) is 12.2 Å². The average molecular weight is 289 g/mol. The van der Waals surface area contributed by atoms with Crippen LogP contribution in [0.25, 0.3) is 0 Å². The minimum absolute atomic E-state index is 0.565. The Morgan fingerprint density at radius 2 is 2.25 bits per heavy atom. The van der Waals surface area contributed by atoms with Gasteiger partial charge < -0.3 is 10.2 Å². The standard InChI is InChI=1S/C16H23N3S/c1-2-11-19(15-8-4-3-5-9-15)16(20)18-13-14-7-6-10-17-12-14/h2,6-7,10,12,15H,1,3-5,8-9,11,13H2,(H,18,20). The van der Waals surface area contributed by atoms with Crippen LogP contribution in [0.5, 0.6) is 0 Å². The topological polar surface area (TPSA) is 28.2 Å². The van der Waals surface area contributed by atoms with Crippen LogP contribution >= 0.6 is 12.2 Å². The van der Waals surface area contributed by atoms with Crippen molar-refractivity contribution in [2.24, 2.45) is 0 Å². The maximum absolute atomic E-state index is 5.57. The van der Waals surface area contributed by atoms with E-state index >= 15 is 0 Å². The first-order valence-corrected chi connectivity index (χ1v) is 7.76. The number of rotatable bonds is 5. The molecule has 1 aliphatic rings. The van der Waals surface area contributed by atoms with Crippen molar-refractivity contribution in [1.29, 1.82) is 0 Å². The van der Waals surface area contributed by atoms with Crippen LogP contribution in [0, 0.1) is 0 Å². The molecular formula is C16H23N3S. The van der Waals surface area contributed by atoms with Crippen molar-refractivity contribution in [1.82, 2.24) is 15.2 Å². The lowest BCUT2D eigenvalue weighted by Crippen LogP contribution is -2.46. The summed E-state index contributed by atoms with van der Waals surface area (Å²) in [6.07, 6.45) is 12.0. The Bertz CT molecular complexity index is 427. The van der Waals surface area contributed by atoms with Crippen LogP contribution in [-0.4, -0.2) is 27.6 Å². The zero-order chi connectivity index (χ0) is 14.2. The summed E-state index contributed by atoms with van der Waals surface area (Å²) in [5.74, 6) is 0. The highest BCUT2D eigenvalue weighted by atomic mass is 32.1. The SMILES string of the molecule is C=CCN(C(=S)NCc1cccnc1)C1CCCCC1. The second kappa shape index (κ2) is 8.00. The van der Waals surface area contributed by atoms with E-state index in [-0.39, 0.29) is 0 Å². The van der Waals surface area contributed by atoms with Crippen molar-refractivity contribution < 1.29 is 0 Å². The van der Waals surface area contributed by atoms with E-state index in [1.807, 2.05) is 18.3 Å². The number of nitrogens with zero attached hydrogens (tertiary/aromatic N) is 2. The van der Waals surface area contributed by atoms with Crippen LogP contribution in [0.3, 0.4) is 0 Å². The number of pyridine rings is 1. The molecule has 0 unspecified atom stereocenters. The molecule has 1 heterocycles. The largest absolute Gasteiger partial charge is 0.358 e. The molecule has 0 amide bonds. The van der Waals surface area contributed by atoms with Crippen molar-refractivity contribution in [3.63, 3.8) is 0 Å². The molecule has 0 spiro atoms. The number of hydrogen-bond acceptors (Lipinski definition) is 2. The number of nitrogens with one attached hydrogen (secondary N) is 1. The zero-order valence-corrected chi connectivity index (χ0v) is 12.7. The minimum atomic E-state index is 0.565. The molecule has 4 heteroatoms. The third-order valence-corrected chi connectivity index (χ3v) is 4.15. The molecule has 1 aromatic heterocycles. The van der Waals surface area contributed by atoms with Gasteiger partial charge in [0.2, 0.25) is 0 Å². The monoisotopic (exact) mass is 289 g/mol. The quantitative estimate of drug-likeness (QED) is 0.665. The summed E-state index contributed by atoms with van der Waals surface area (Å²) in [4.78, 5) is 6.41. The Kier molecular flexibility index (Phi) is 5.99. The Balaban J connectivity index is 1.90. The molecule has 108 valence electrons. The molecule has 1 saturated carbocycles. The lowest BCUT2D eigenvalue weighted by molar-refractivity contribution is 0.258. The maximum atomic E-state index is 5.57. The van der Waals surface area contributed by atoms with Gasteiger partial charge in [0, 0.05) is 31.5 Å². The maximum Gasteiger partial charge on any atom is 0.169 e. The molecular weight excluding hydrogens is 266 g/mol. The molecule has 0 atom stereocenters. The van der Waals surface area contributed by atoms with E-state index in [2.05, 4.69) is 27.8 Å². The van der Waals surface area contributed by atoms with Gasteiger partial charge in [0.15, 0.2) is 5.11 Å². The van der Waals surface area contributed by atoms with Gasteiger partial charge in [0.1, 0.15) is 0 Å². The fraction of sp³-hybridized carbons (Fsp3) is 0.500. The van der Waals surface area contributed by atoms with Gasteiger partial charge in [0.25, 0.3) is 0 Å². The lowest BCUT2D eigenvalue weighted by atomic mass is 9.94. The third-order valence-electron chi connectivity index (χ3n) is 3.77. The number of hydrogen-bond donors (Lipinski definition) is 1. The molecule has 0 radical (unpaired) electrons. The third kappa shape index (κ3) is 4.30. The summed E-state index contributed by atoms with van der Waals surface area (Å²) in [5, 5.41) is 4.18. The van der Waals surface area contributed by atoms with Crippen LogP contribution in [-0.2, 0) is 6.54 Å². The van der Waals surface area contributed by atoms with Gasteiger partial charge in [-0.1, -0.05) is 31.4 Å². The molecule has 1 aromatic rings. The first kappa shape index (κ1) is 15.0. The van der Waals surface area contributed by atoms with Gasteiger partial charge in [-0.05, 0) is 36.7 Å². The van der Waals surface area contributed by atoms with E-state index in [0.29, 0.717) is 6.04 Å². The Labute approximate surface area is 127 Å². The van der Waals surface area contributed by atoms with Crippen molar-refractivity contribution in [3.05, 3.63) is 42.7 Å². The van der Waals surface area contributed by atoms with Gasteiger partial charge in [-0.15, -0.1) is 6.58 Å². The van der Waals surface area contributed by atoms with E-state index in [1.165, 1.54) is 32.1 Å². The predicted molar refractivity (Wildman–Crippen MR) is 87.5 cm³/mol. The molecule has 3 nitrogen and oxygen atoms in total. The van der Waals surface area contributed by atoms with Crippen LogP contribution in [0.1, 0.15) is 37.7 Å². The Hall–Kier alpha value is -1.42. The van der Waals surface area contributed by atoms with Crippen molar-refractivity contribution in [3.8, 4) is 0 Å². The molecule has 1 fully saturated rings. The first-order chi connectivity index (χ1) is 9.81. The molecule has 0 aliphatic heterocycles. The van der Waals surface area contributed by atoms with Crippen LogP contribution in [0.2, 0.25) is 0 Å². The number of thiocarbonyl (C=S) groups is 1. The number of aromatic nitrogens is 1. The summed E-state index contributed by atoms with van der Waals surface area (Å²) >= 11 is 5.57. The van der Waals surface area contributed by atoms with Crippen LogP contribution in [0.4, 0.5) is 0 Å². The van der Waals surface area contributed by atoms with E-state index in [1.54, 1.807) is 6.20 Å². The van der Waals surface area contributed by atoms with Crippen LogP contribution < -0.4 is 5.32 Å². The second-order valence-electron chi connectivity index (χ2n) is 5.25. The lowest BCUT2D eigenvalue weighted by Gasteiger charge is -2.35. The highest BCUT2D eigenvalue weighted by molar-refractivity contribution is 7.80. The van der Waals surface area contributed by atoms with E-state index in [0.717, 1.165) is 23.8 Å². The minimum Gasteiger partial charge on any atom is -0.358 e. The van der Waals surface area contributed by atoms with Crippen molar-refractivity contribution >= 4 is 17.3 Å². The van der Waals surface area contributed by atoms with Gasteiger partial charge >= 0.3 is 0 Å². The van der Waals surface area contributed by atoms with Gasteiger partial charge in [0.05, 0.1) is 0 Å². The summed E-state index contributed by atoms with van der Waals surface area (Å²) in [7, 11) is 0. The van der Waals surface area contributed by atoms with Gasteiger partial charge in [-0.3, -0.25) is 4.98 Å². The van der Waals surface area contributed by atoms with Crippen molar-refractivity contribution in [2.45, 2.75) is 44.7 Å². The molecule has 1 aliphatic carbocycles. The van der Waals surface area contributed by atoms with Crippen LogP contribution in [0.15, 0.2) is 37.2 Å². The summed E-state index contributed by atoms with van der Waals surface area (Å²) < 4.78 is 0. The molecule has 0 bridgehead atoms. The Morgan fingerprint density at radius 1 is 1.45 bits per heavy atom. The summed E-state index contributed by atoms with van der Waals surface area (Å²) in [6.45, 7) is 5.41. The highest BCUT2D eigenvalue weighted by Crippen LogP contribution is 2.22. The normalized spacial score (nSPS) is 15.6. The predicted octanol–water partition coefficient (Wildman–Crippen LogP) is 3.28. The smallest absolute Gasteiger partial charge is 0.169 e. The molecule has 0 saturated heterocycles. The summed E-state index contributed by atoms with van der Waals surface area (Å²) in [5.41, 5.74) is 1.15. The fourth-order valence-corrected chi connectivity index (χ4v) is 3.01. The Morgan fingerprint density at radius 3 is 2.90 bits per heavy atom. The zero-order valence-electron chi connectivity index (χ0n) is 11.9. The highest BCUT2D eigenvalue weighted by Gasteiger charge is 2.22. The second-order valence-corrected chi connectivity index (χ2v) is 5.64. The molecule has 0 aromatic carbocycles. The average Bonchev–Trinajstić information content (AvgIpc) is 2.52.